The van der Waals surface area contributed by atoms with Gasteiger partial charge in [0, 0.05) is 25.6 Å². The molecule has 8 nitrogen and oxygen atoms in total. The van der Waals surface area contributed by atoms with Gasteiger partial charge in [-0.05, 0) is 6.07 Å². The van der Waals surface area contributed by atoms with Gasteiger partial charge in [-0.25, -0.2) is 8.42 Å². The first-order chi connectivity index (χ1) is 9.51. The van der Waals surface area contributed by atoms with Gasteiger partial charge in [0.2, 0.25) is 5.56 Å². The van der Waals surface area contributed by atoms with E-state index >= 15 is 0 Å². The third-order valence-electron chi connectivity index (χ3n) is 2.48. The molecule has 0 saturated heterocycles. The number of aromatic amines is 1. The minimum Gasteiger partial charge on any atom is -0.383 e. The second kappa shape index (κ2) is 5.88. The third-order valence-corrected chi connectivity index (χ3v) is 3.85. The molecule has 0 atom stereocenters. The molecule has 2 N–H and O–H groups in total. The molecule has 0 saturated carbocycles. The van der Waals surface area contributed by atoms with Crippen LogP contribution < -0.4 is 10.3 Å². The second-order valence-electron chi connectivity index (χ2n) is 3.98. The van der Waals surface area contributed by atoms with E-state index < -0.39 is 10.0 Å². The first-order valence-electron chi connectivity index (χ1n) is 5.74. The Morgan fingerprint density at radius 2 is 2.25 bits per heavy atom. The van der Waals surface area contributed by atoms with Crippen LogP contribution in [0.25, 0.3) is 0 Å². The lowest BCUT2D eigenvalue weighted by atomic mass is 10.5. The van der Waals surface area contributed by atoms with Crippen molar-refractivity contribution in [3.63, 3.8) is 0 Å². The molecule has 20 heavy (non-hydrogen) atoms. The molecule has 0 aliphatic heterocycles. The number of sulfonamides is 1. The van der Waals surface area contributed by atoms with Crippen LogP contribution in [-0.2, 0) is 21.3 Å². The lowest BCUT2D eigenvalue weighted by molar-refractivity contribution is 0.183. The minimum absolute atomic E-state index is 0.0262. The fraction of sp³-hybridized carbons (Fsp3) is 0.273. The van der Waals surface area contributed by atoms with Crippen LogP contribution in [0.15, 0.2) is 40.4 Å². The number of methoxy groups -OCH3 is 1. The van der Waals surface area contributed by atoms with Gasteiger partial charge in [-0.1, -0.05) is 0 Å². The van der Waals surface area contributed by atoms with E-state index in [9.17, 15) is 13.2 Å². The summed E-state index contributed by atoms with van der Waals surface area (Å²) in [5.41, 5.74) is -0.0244. The third kappa shape index (κ3) is 3.45. The van der Waals surface area contributed by atoms with E-state index in [4.69, 9.17) is 4.74 Å². The number of rotatable bonds is 6. The molecular weight excluding hydrogens is 284 g/mol. The summed E-state index contributed by atoms with van der Waals surface area (Å²) in [6.45, 7) is 1.00. The summed E-state index contributed by atoms with van der Waals surface area (Å²) in [5.74, 6) is 0. The molecule has 108 valence electrons. The number of H-pyrrole nitrogens is 1. The largest absolute Gasteiger partial charge is 0.383 e. The molecule has 0 unspecified atom stereocenters. The van der Waals surface area contributed by atoms with Crippen LogP contribution >= 0.6 is 0 Å². The molecule has 2 aromatic rings. The Kier molecular flexibility index (Phi) is 4.20. The van der Waals surface area contributed by atoms with Crippen molar-refractivity contribution in [3.05, 3.63) is 41.1 Å². The zero-order valence-electron chi connectivity index (χ0n) is 10.7. The number of nitrogens with zero attached hydrogens (tertiary/aromatic N) is 2. The summed E-state index contributed by atoms with van der Waals surface area (Å²) in [4.78, 5) is 13.2. The van der Waals surface area contributed by atoms with Crippen molar-refractivity contribution in [2.75, 3.05) is 18.4 Å². The van der Waals surface area contributed by atoms with E-state index in [0.29, 0.717) is 18.8 Å². The van der Waals surface area contributed by atoms with Gasteiger partial charge in [0.05, 0.1) is 25.0 Å². The summed E-state index contributed by atoms with van der Waals surface area (Å²) >= 11 is 0. The van der Waals surface area contributed by atoms with Crippen LogP contribution in [0.2, 0.25) is 0 Å². The van der Waals surface area contributed by atoms with Crippen molar-refractivity contribution >= 4 is 15.7 Å². The lowest BCUT2D eigenvalue weighted by Gasteiger charge is -2.05. The van der Waals surface area contributed by atoms with Gasteiger partial charge in [0.1, 0.15) is 4.90 Å². The van der Waals surface area contributed by atoms with Crippen LogP contribution in [0.1, 0.15) is 0 Å². The topological polar surface area (TPSA) is 106 Å². The summed E-state index contributed by atoms with van der Waals surface area (Å²) < 4.78 is 32.9. The molecule has 0 amide bonds. The molecule has 0 aliphatic rings. The Balaban J connectivity index is 2.13. The first-order valence-corrected chi connectivity index (χ1v) is 7.22. The number of ether oxygens (including phenoxy) is 1. The molecule has 0 bridgehead atoms. The molecule has 2 rings (SSSR count). The van der Waals surface area contributed by atoms with E-state index in [1.54, 1.807) is 18.0 Å². The van der Waals surface area contributed by atoms with Gasteiger partial charge >= 0.3 is 0 Å². The predicted molar refractivity (Wildman–Crippen MR) is 72.0 cm³/mol. The van der Waals surface area contributed by atoms with Gasteiger partial charge in [0.25, 0.3) is 10.0 Å². The average Bonchev–Trinajstić information content (AvgIpc) is 2.83. The number of hydrogen-bond acceptors (Lipinski definition) is 5. The van der Waals surface area contributed by atoms with Crippen molar-refractivity contribution in [2.45, 2.75) is 11.4 Å². The highest BCUT2D eigenvalue weighted by molar-refractivity contribution is 7.92. The van der Waals surface area contributed by atoms with Crippen molar-refractivity contribution in [1.82, 2.24) is 14.8 Å². The molecule has 0 aromatic carbocycles. The highest BCUT2D eigenvalue weighted by Crippen LogP contribution is 2.13. The summed E-state index contributed by atoms with van der Waals surface area (Å²) in [7, 11) is -2.17. The number of hydrogen-bond donors (Lipinski definition) is 2. The van der Waals surface area contributed by atoms with E-state index in [0.717, 1.165) is 12.3 Å². The molecule has 9 heteroatoms. The molecule has 0 radical (unpaired) electrons. The Morgan fingerprint density at radius 1 is 1.45 bits per heavy atom. The molecular formula is C11H14N4O4S. The fourth-order valence-electron chi connectivity index (χ4n) is 1.50. The number of pyridine rings is 1. The molecule has 2 heterocycles. The van der Waals surface area contributed by atoms with E-state index in [1.165, 1.54) is 12.3 Å². The summed E-state index contributed by atoms with van der Waals surface area (Å²) in [6, 6.07) is 2.38. The maximum atomic E-state index is 12.0. The van der Waals surface area contributed by atoms with Crippen molar-refractivity contribution in [2.24, 2.45) is 0 Å². The van der Waals surface area contributed by atoms with Gasteiger partial charge in [-0.2, -0.15) is 5.10 Å². The number of nitrogens with one attached hydrogen (secondary N) is 2. The summed E-state index contributed by atoms with van der Waals surface area (Å²) in [6.07, 6.45) is 4.10. The van der Waals surface area contributed by atoms with E-state index in [-0.39, 0.29) is 10.5 Å². The Labute approximate surface area is 115 Å². The average molecular weight is 298 g/mol. The van der Waals surface area contributed by atoms with E-state index in [1.807, 2.05) is 0 Å². The van der Waals surface area contributed by atoms with Crippen molar-refractivity contribution < 1.29 is 13.2 Å². The lowest BCUT2D eigenvalue weighted by Crippen LogP contribution is -2.15. The maximum Gasteiger partial charge on any atom is 0.263 e. The van der Waals surface area contributed by atoms with Crippen LogP contribution in [0.4, 0.5) is 5.69 Å². The van der Waals surface area contributed by atoms with Crippen LogP contribution in [0.3, 0.4) is 0 Å². The predicted octanol–water partition coefficient (Wildman–Crippen LogP) is 0.0186. The van der Waals surface area contributed by atoms with E-state index in [2.05, 4.69) is 14.8 Å². The normalized spacial score (nSPS) is 11.4. The van der Waals surface area contributed by atoms with Gasteiger partial charge < -0.3 is 9.72 Å². The quantitative estimate of drug-likeness (QED) is 0.782. The van der Waals surface area contributed by atoms with Gasteiger partial charge in [-0.15, -0.1) is 0 Å². The number of aromatic nitrogens is 3. The highest BCUT2D eigenvalue weighted by Gasteiger charge is 2.15. The van der Waals surface area contributed by atoms with Gasteiger partial charge in [-0.3, -0.25) is 14.2 Å². The second-order valence-corrected chi connectivity index (χ2v) is 5.66. The van der Waals surface area contributed by atoms with Gasteiger partial charge in [0.15, 0.2) is 0 Å². The standard InChI is InChI=1S/C11H14N4O4S/c1-19-5-4-15-8-9(6-13-15)14-20(17,18)10-2-3-11(16)12-7-10/h2-3,6-8,14H,4-5H2,1H3,(H,12,16). The first kappa shape index (κ1) is 14.3. The van der Waals surface area contributed by atoms with Crippen molar-refractivity contribution in [3.8, 4) is 0 Å². The molecule has 2 aromatic heterocycles. The smallest absolute Gasteiger partial charge is 0.263 e. The van der Waals surface area contributed by atoms with Crippen LogP contribution in [0, 0.1) is 0 Å². The molecule has 0 spiro atoms. The fourth-order valence-corrected chi connectivity index (χ4v) is 2.50. The Morgan fingerprint density at radius 3 is 2.90 bits per heavy atom. The van der Waals surface area contributed by atoms with Crippen LogP contribution in [0.5, 0.6) is 0 Å². The Hall–Kier alpha value is -2.13. The Bertz CT molecular complexity index is 714. The minimum atomic E-state index is -3.74. The van der Waals surface area contributed by atoms with Crippen molar-refractivity contribution in [1.29, 1.82) is 0 Å². The molecule has 0 fully saturated rings. The monoisotopic (exact) mass is 298 g/mol. The molecule has 0 aliphatic carbocycles. The highest BCUT2D eigenvalue weighted by atomic mass is 32.2. The SMILES string of the molecule is COCCn1cc(NS(=O)(=O)c2ccc(=O)[nH]c2)cn1. The zero-order chi connectivity index (χ0) is 14.6. The zero-order valence-corrected chi connectivity index (χ0v) is 11.6. The maximum absolute atomic E-state index is 12.0. The number of anilines is 1. The summed E-state index contributed by atoms with van der Waals surface area (Å²) in [5, 5.41) is 4.00. The van der Waals surface area contributed by atoms with Crippen LogP contribution in [-0.4, -0.2) is 36.9 Å².